The molecule has 4 nitrogen and oxygen atoms in total. The number of Topliss-reactive ketones (excluding diaryl/α,β-unsaturated/α-hetero) is 1. The standard InChI is InChI=1S/C30H26FN3O/c1-20-25(22-14-16-32-17-15-22)11-12-26-27(19-34-28(20)26)30(35)29(23-5-3-2-4-6-23)33-18-13-21-7-9-24(31)10-8-21/h2-12,14-17,19,29,33-34H,13,18H2,1H3/t29-/m0/s1. The zero-order valence-electron chi connectivity index (χ0n) is 19.5. The summed E-state index contributed by atoms with van der Waals surface area (Å²) < 4.78 is 13.2. The summed E-state index contributed by atoms with van der Waals surface area (Å²) in [4.78, 5) is 21.3. The van der Waals surface area contributed by atoms with Gasteiger partial charge in [-0.25, -0.2) is 4.39 Å². The minimum Gasteiger partial charge on any atom is -0.360 e. The van der Waals surface area contributed by atoms with Crippen LogP contribution in [0.4, 0.5) is 4.39 Å². The van der Waals surface area contributed by atoms with Gasteiger partial charge >= 0.3 is 0 Å². The molecule has 1 atom stereocenters. The molecule has 3 aromatic carbocycles. The van der Waals surface area contributed by atoms with E-state index < -0.39 is 6.04 Å². The molecule has 0 unspecified atom stereocenters. The molecule has 0 saturated carbocycles. The normalized spacial score (nSPS) is 12.1. The number of benzene rings is 3. The van der Waals surface area contributed by atoms with Crippen molar-refractivity contribution in [3.63, 3.8) is 0 Å². The lowest BCUT2D eigenvalue weighted by Gasteiger charge is -2.18. The Kier molecular flexibility index (Phi) is 6.51. The Labute approximate surface area is 203 Å². The number of aromatic nitrogens is 2. The molecular weight excluding hydrogens is 437 g/mol. The zero-order valence-corrected chi connectivity index (χ0v) is 19.5. The fraction of sp³-hybridized carbons (Fsp3) is 0.133. The van der Waals surface area contributed by atoms with E-state index in [4.69, 9.17) is 0 Å². The second-order valence-corrected chi connectivity index (χ2v) is 8.64. The highest BCUT2D eigenvalue weighted by Gasteiger charge is 2.24. The lowest BCUT2D eigenvalue weighted by molar-refractivity contribution is 0.0945. The smallest absolute Gasteiger partial charge is 0.186 e. The quantitative estimate of drug-likeness (QED) is 0.261. The van der Waals surface area contributed by atoms with Crippen LogP contribution in [0.15, 0.2) is 97.5 Å². The highest BCUT2D eigenvalue weighted by atomic mass is 19.1. The molecule has 5 aromatic rings. The first-order valence-corrected chi connectivity index (χ1v) is 11.7. The molecule has 174 valence electrons. The minimum atomic E-state index is -0.490. The number of aryl methyl sites for hydroxylation is 1. The predicted molar refractivity (Wildman–Crippen MR) is 138 cm³/mol. The molecule has 2 aromatic heterocycles. The van der Waals surface area contributed by atoms with E-state index >= 15 is 0 Å². The monoisotopic (exact) mass is 463 g/mol. The number of rotatable bonds is 8. The van der Waals surface area contributed by atoms with Crippen LogP contribution in [0.3, 0.4) is 0 Å². The van der Waals surface area contributed by atoms with Gasteiger partial charge in [0.2, 0.25) is 0 Å². The second kappa shape index (κ2) is 10.0. The SMILES string of the molecule is Cc1c(-c2ccncc2)ccc2c(C(=O)[C@@H](NCCc3ccc(F)cc3)c3ccccc3)c[nH]c12. The van der Waals surface area contributed by atoms with E-state index in [1.165, 1.54) is 12.1 Å². The van der Waals surface area contributed by atoms with Crippen LogP contribution >= 0.6 is 0 Å². The van der Waals surface area contributed by atoms with Gasteiger partial charge in [0.15, 0.2) is 5.78 Å². The number of aromatic amines is 1. The van der Waals surface area contributed by atoms with Crippen molar-refractivity contribution in [1.29, 1.82) is 0 Å². The number of nitrogens with one attached hydrogen (secondary N) is 2. The number of halogens is 1. The van der Waals surface area contributed by atoms with Gasteiger partial charge in [-0.2, -0.15) is 0 Å². The van der Waals surface area contributed by atoms with Crippen molar-refractivity contribution in [3.8, 4) is 11.1 Å². The van der Waals surface area contributed by atoms with E-state index in [0.29, 0.717) is 18.5 Å². The number of hydrogen-bond donors (Lipinski definition) is 2. The van der Waals surface area contributed by atoms with Gasteiger partial charge in [0.05, 0.1) is 6.04 Å². The maximum atomic E-state index is 13.8. The van der Waals surface area contributed by atoms with Crippen LogP contribution in [0.5, 0.6) is 0 Å². The van der Waals surface area contributed by atoms with E-state index in [1.54, 1.807) is 24.5 Å². The second-order valence-electron chi connectivity index (χ2n) is 8.64. The Morgan fingerprint density at radius 1 is 0.971 bits per heavy atom. The van der Waals surface area contributed by atoms with Crippen LogP contribution in [0, 0.1) is 12.7 Å². The van der Waals surface area contributed by atoms with Crippen molar-refractivity contribution in [2.75, 3.05) is 6.54 Å². The third-order valence-electron chi connectivity index (χ3n) is 6.44. The van der Waals surface area contributed by atoms with E-state index in [0.717, 1.165) is 38.7 Å². The summed E-state index contributed by atoms with van der Waals surface area (Å²) in [6.07, 6.45) is 6.07. The fourth-order valence-electron chi connectivity index (χ4n) is 4.57. The van der Waals surface area contributed by atoms with E-state index in [-0.39, 0.29) is 11.6 Å². The molecule has 2 N–H and O–H groups in total. The first-order chi connectivity index (χ1) is 17.1. The van der Waals surface area contributed by atoms with E-state index in [2.05, 4.69) is 28.3 Å². The summed E-state index contributed by atoms with van der Waals surface area (Å²) in [5.74, 6) is -0.238. The molecule has 0 aliphatic carbocycles. The van der Waals surface area contributed by atoms with Gasteiger partial charge in [0.25, 0.3) is 0 Å². The maximum Gasteiger partial charge on any atom is 0.186 e. The first kappa shape index (κ1) is 22.7. The number of fused-ring (bicyclic) bond motifs is 1. The molecule has 0 aliphatic rings. The molecule has 5 heteroatoms. The van der Waals surface area contributed by atoms with Gasteiger partial charge in [-0.05, 0) is 65.4 Å². The molecule has 0 amide bonds. The van der Waals surface area contributed by atoms with Crippen molar-refractivity contribution in [2.24, 2.45) is 0 Å². The number of H-pyrrole nitrogens is 1. The summed E-state index contributed by atoms with van der Waals surface area (Å²) in [5, 5.41) is 4.35. The number of carbonyl (C=O) groups is 1. The largest absolute Gasteiger partial charge is 0.360 e. The Hall–Kier alpha value is -4.09. The van der Waals surface area contributed by atoms with E-state index in [1.807, 2.05) is 54.7 Å². The molecule has 0 bridgehead atoms. The minimum absolute atomic E-state index is 0.0117. The maximum absolute atomic E-state index is 13.8. The van der Waals surface area contributed by atoms with Crippen molar-refractivity contribution >= 4 is 16.7 Å². The Morgan fingerprint density at radius 3 is 2.46 bits per heavy atom. The average molecular weight is 464 g/mol. The van der Waals surface area contributed by atoms with Gasteiger partial charge in [-0.1, -0.05) is 54.6 Å². The molecule has 0 spiro atoms. The molecule has 0 aliphatic heterocycles. The summed E-state index contributed by atoms with van der Waals surface area (Å²) in [6, 6.07) is 23.8. The highest BCUT2D eigenvalue weighted by Crippen LogP contribution is 2.32. The van der Waals surface area contributed by atoms with Crippen molar-refractivity contribution in [1.82, 2.24) is 15.3 Å². The summed E-state index contributed by atoms with van der Waals surface area (Å²) in [6.45, 7) is 2.66. The number of hydrogen-bond acceptors (Lipinski definition) is 3. The third kappa shape index (κ3) is 4.77. The Bertz CT molecular complexity index is 1440. The van der Waals surface area contributed by atoms with Crippen LogP contribution in [-0.4, -0.2) is 22.3 Å². The molecular formula is C30H26FN3O. The molecule has 2 heterocycles. The Morgan fingerprint density at radius 2 is 1.71 bits per heavy atom. The average Bonchev–Trinajstić information content (AvgIpc) is 3.34. The number of nitrogens with zero attached hydrogens (tertiary/aromatic N) is 1. The molecule has 5 rings (SSSR count). The summed E-state index contributed by atoms with van der Waals surface area (Å²) >= 11 is 0. The lowest BCUT2D eigenvalue weighted by atomic mass is 9.94. The third-order valence-corrected chi connectivity index (χ3v) is 6.44. The van der Waals surface area contributed by atoms with E-state index in [9.17, 15) is 9.18 Å². The van der Waals surface area contributed by atoms with Crippen LogP contribution in [-0.2, 0) is 6.42 Å². The first-order valence-electron chi connectivity index (χ1n) is 11.7. The zero-order chi connectivity index (χ0) is 24.2. The van der Waals surface area contributed by atoms with Crippen molar-refractivity contribution < 1.29 is 9.18 Å². The highest BCUT2D eigenvalue weighted by molar-refractivity contribution is 6.11. The molecule has 0 radical (unpaired) electrons. The van der Waals surface area contributed by atoms with Gasteiger partial charge in [0.1, 0.15) is 5.82 Å². The van der Waals surface area contributed by atoms with Gasteiger partial charge in [-0.15, -0.1) is 0 Å². The van der Waals surface area contributed by atoms with Crippen LogP contribution < -0.4 is 5.32 Å². The Balaban J connectivity index is 1.44. The topological polar surface area (TPSA) is 57.8 Å². The number of pyridine rings is 1. The molecule has 35 heavy (non-hydrogen) atoms. The predicted octanol–water partition coefficient (Wildman–Crippen LogP) is 6.43. The van der Waals surface area contributed by atoms with Crippen molar-refractivity contribution in [3.05, 3.63) is 126 Å². The summed E-state index contributed by atoms with van der Waals surface area (Å²) in [5.41, 5.74) is 6.84. The van der Waals surface area contributed by atoms with Crippen LogP contribution in [0.2, 0.25) is 0 Å². The molecule has 0 fully saturated rings. The fourth-order valence-corrected chi connectivity index (χ4v) is 4.57. The van der Waals surface area contributed by atoms with Crippen LogP contribution in [0.25, 0.3) is 22.0 Å². The lowest BCUT2D eigenvalue weighted by Crippen LogP contribution is -2.30. The molecule has 0 saturated heterocycles. The number of carbonyl (C=O) groups excluding carboxylic acids is 1. The van der Waals surface area contributed by atoms with Crippen LogP contribution in [0.1, 0.15) is 33.1 Å². The van der Waals surface area contributed by atoms with Gasteiger partial charge in [0, 0.05) is 41.6 Å². The van der Waals surface area contributed by atoms with Gasteiger partial charge in [-0.3, -0.25) is 9.78 Å². The summed E-state index contributed by atoms with van der Waals surface area (Å²) in [7, 11) is 0. The number of ketones is 1. The van der Waals surface area contributed by atoms with Gasteiger partial charge < -0.3 is 10.3 Å². The van der Waals surface area contributed by atoms with Crippen molar-refractivity contribution in [2.45, 2.75) is 19.4 Å².